The van der Waals surface area contributed by atoms with Crippen molar-refractivity contribution in [2.75, 3.05) is 7.11 Å². The Labute approximate surface area is 90.3 Å². The maximum absolute atomic E-state index is 9.69. The van der Waals surface area contributed by atoms with Gasteiger partial charge in [-0.2, -0.15) is 0 Å². The quantitative estimate of drug-likeness (QED) is 0.786. The number of aromatic hydroxyl groups is 1. The van der Waals surface area contributed by atoms with Crippen LogP contribution < -0.4 is 4.74 Å². The molecule has 84 valence electrons. The molecule has 1 rings (SSSR count). The van der Waals surface area contributed by atoms with Crippen molar-refractivity contribution < 1.29 is 14.9 Å². The second kappa shape index (κ2) is 4.11. The van der Waals surface area contributed by atoms with Gasteiger partial charge in [0, 0.05) is 5.56 Å². The second-order valence-electron chi connectivity index (χ2n) is 4.59. The fourth-order valence-corrected chi connectivity index (χ4v) is 1.37. The van der Waals surface area contributed by atoms with Crippen molar-refractivity contribution in [3.63, 3.8) is 0 Å². The average Bonchev–Trinajstić information content (AvgIpc) is 2.16. The van der Waals surface area contributed by atoms with E-state index in [0.29, 0.717) is 11.3 Å². The van der Waals surface area contributed by atoms with Gasteiger partial charge in [-0.3, -0.25) is 0 Å². The molecule has 15 heavy (non-hydrogen) atoms. The topological polar surface area (TPSA) is 49.7 Å². The molecule has 0 spiro atoms. The van der Waals surface area contributed by atoms with Gasteiger partial charge in [-0.05, 0) is 23.1 Å². The molecule has 0 aliphatic carbocycles. The van der Waals surface area contributed by atoms with E-state index in [9.17, 15) is 5.11 Å². The van der Waals surface area contributed by atoms with E-state index in [2.05, 4.69) is 20.8 Å². The summed E-state index contributed by atoms with van der Waals surface area (Å²) >= 11 is 0. The van der Waals surface area contributed by atoms with E-state index in [1.54, 1.807) is 12.1 Å². The predicted octanol–water partition coefficient (Wildman–Crippen LogP) is 2.19. The normalized spacial score (nSPS) is 11.5. The van der Waals surface area contributed by atoms with E-state index in [4.69, 9.17) is 9.84 Å². The van der Waals surface area contributed by atoms with Crippen molar-refractivity contribution in [2.24, 2.45) is 0 Å². The molecule has 0 amide bonds. The van der Waals surface area contributed by atoms with Crippen LogP contribution in [0.4, 0.5) is 0 Å². The van der Waals surface area contributed by atoms with Gasteiger partial charge in [0.25, 0.3) is 0 Å². The Kier molecular flexibility index (Phi) is 3.25. The number of phenols is 1. The Morgan fingerprint density at radius 3 is 2.27 bits per heavy atom. The van der Waals surface area contributed by atoms with Crippen LogP contribution in [0.1, 0.15) is 31.9 Å². The number of hydrogen-bond acceptors (Lipinski definition) is 3. The van der Waals surface area contributed by atoms with Crippen LogP contribution in [0.2, 0.25) is 0 Å². The van der Waals surface area contributed by atoms with Crippen molar-refractivity contribution in [3.8, 4) is 11.5 Å². The third-order valence-corrected chi connectivity index (χ3v) is 2.41. The monoisotopic (exact) mass is 210 g/mol. The van der Waals surface area contributed by atoms with Crippen LogP contribution in [0.3, 0.4) is 0 Å². The molecule has 0 radical (unpaired) electrons. The summed E-state index contributed by atoms with van der Waals surface area (Å²) in [5.41, 5.74) is 1.49. The molecular formula is C12H18O3. The summed E-state index contributed by atoms with van der Waals surface area (Å²) in [6, 6.07) is 3.60. The van der Waals surface area contributed by atoms with Crippen molar-refractivity contribution in [1.29, 1.82) is 0 Å². The van der Waals surface area contributed by atoms with E-state index in [-0.39, 0.29) is 17.8 Å². The van der Waals surface area contributed by atoms with Gasteiger partial charge in [-0.25, -0.2) is 0 Å². The number of ether oxygens (including phenoxy) is 1. The highest BCUT2D eigenvalue weighted by molar-refractivity contribution is 5.49. The van der Waals surface area contributed by atoms with Crippen molar-refractivity contribution >= 4 is 0 Å². The first-order chi connectivity index (χ1) is 6.90. The van der Waals surface area contributed by atoms with E-state index in [1.807, 2.05) is 0 Å². The third-order valence-electron chi connectivity index (χ3n) is 2.41. The molecule has 1 aromatic rings. The first-order valence-electron chi connectivity index (χ1n) is 4.91. The molecule has 0 fully saturated rings. The smallest absolute Gasteiger partial charge is 0.163 e. The number of methoxy groups -OCH3 is 1. The summed E-state index contributed by atoms with van der Waals surface area (Å²) in [5.74, 6) is 0.430. The summed E-state index contributed by atoms with van der Waals surface area (Å²) in [6.07, 6.45) is 0. The minimum Gasteiger partial charge on any atom is -0.504 e. The lowest BCUT2D eigenvalue weighted by Gasteiger charge is -2.21. The van der Waals surface area contributed by atoms with Gasteiger partial charge in [-0.15, -0.1) is 0 Å². The summed E-state index contributed by atoms with van der Waals surface area (Å²) < 4.78 is 5.06. The van der Waals surface area contributed by atoms with E-state index >= 15 is 0 Å². The minimum absolute atomic E-state index is 0.0213. The molecule has 0 saturated carbocycles. The molecule has 0 aliphatic heterocycles. The van der Waals surface area contributed by atoms with E-state index in [1.165, 1.54) is 7.11 Å². The van der Waals surface area contributed by atoms with Gasteiger partial charge in [0.1, 0.15) is 0 Å². The second-order valence-corrected chi connectivity index (χ2v) is 4.59. The highest BCUT2D eigenvalue weighted by Gasteiger charge is 2.18. The number of aliphatic hydroxyl groups excluding tert-OH is 1. The molecule has 3 nitrogen and oxygen atoms in total. The zero-order valence-electron chi connectivity index (χ0n) is 9.66. The molecule has 0 atom stereocenters. The highest BCUT2D eigenvalue weighted by Crippen LogP contribution is 2.35. The Hall–Kier alpha value is -1.22. The zero-order valence-corrected chi connectivity index (χ0v) is 9.66. The molecular weight excluding hydrogens is 192 g/mol. The van der Waals surface area contributed by atoms with Gasteiger partial charge in [0.15, 0.2) is 11.5 Å². The number of hydrogen-bond donors (Lipinski definition) is 2. The summed E-state index contributed by atoms with van der Waals surface area (Å²) in [4.78, 5) is 0. The van der Waals surface area contributed by atoms with Crippen molar-refractivity contribution in [1.82, 2.24) is 0 Å². The maximum Gasteiger partial charge on any atom is 0.163 e. The maximum atomic E-state index is 9.69. The number of benzene rings is 1. The Balaban J connectivity index is 3.33. The zero-order chi connectivity index (χ0) is 11.6. The fraction of sp³-hybridized carbons (Fsp3) is 0.500. The highest BCUT2D eigenvalue weighted by atomic mass is 16.5. The molecule has 0 bridgehead atoms. The summed E-state index contributed by atoms with van der Waals surface area (Å²) in [6.45, 7) is 6.02. The molecule has 0 aliphatic rings. The molecule has 3 heteroatoms. The summed E-state index contributed by atoms with van der Waals surface area (Å²) in [7, 11) is 1.50. The largest absolute Gasteiger partial charge is 0.504 e. The van der Waals surface area contributed by atoms with Gasteiger partial charge in [0.2, 0.25) is 0 Å². The van der Waals surface area contributed by atoms with Crippen LogP contribution in [-0.4, -0.2) is 17.3 Å². The molecule has 0 aromatic heterocycles. The number of aliphatic hydroxyl groups is 1. The molecule has 2 N–H and O–H groups in total. The lowest BCUT2D eigenvalue weighted by molar-refractivity contribution is 0.272. The van der Waals surface area contributed by atoms with Crippen LogP contribution in [0, 0.1) is 0 Å². The molecule has 1 aromatic carbocycles. The van der Waals surface area contributed by atoms with Gasteiger partial charge in [-0.1, -0.05) is 20.8 Å². The van der Waals surface area contributed by atoms with Crippen molar-refractivity contribution in [3.05, 3.63) is 23.3 Å². The predicted molar refractivity (Wildman–Crippen MR) is 59.3 cm³/mol. The van der Waals surface area contributed by atoms with Crippen LogP contribution in [0.25, 0.3) is 0 Å². The lowest BCUT2D eigenvalue weighted by atomic mass is 9.86. The van der Waals surface area contributed by atoms with Crippen LogP contribution in [-0.2, 0) is 12.0 Å². The molecule has 0 unspecified atom stereocenters. The van der Waals surface area contributed by atoms with Gasteiger partial charge in [0.05, 0.1) is 13.7 Å². The Bertz CT molecular complexity index is 325. The SMILES string of the molecule is COc1cc(C(C)(C)C)cc(CO)c1O. The Morgan fingerprint density at radius 2 is 1.87 bits per heavy atom. The summed E-state index contributed by atoms with van der Waals surface area (Å²) in [5, 5.41) is 18.8. The van der Waals surface area contributed by atoms with Crippen LogP contribution in [0.15, 0.2) is 12.1 Å². The van der Waals surface area contributed by atoms with Crippen LogP contribution >= 0.6 is 0 Å². The van der Waals surface area contributed by atoms with E-state index in [0.717, 1.165) is 5.56 Å². The minimum atomic E-state index is -0.188. The van der Waals surface area contributed by atoms with Gasteiger partial charge < -0.3 is 14.9 Å². The van der Waals surface area contributed by atoms with Crippen molar-refractivity contribution in [2.45, 2.75) is 32.8 Å². The standard InChI is InChI=1S/C12H18O3/c1-12(2,3)9-5-8(7-13)11(14)10(6-9)15-4/h5-6,13-14H,7H2,1-4H3. The number of rotatable bonds is 2. The average molecular weight is 210 g/mol. The molecule has 0 saturated heterocycles. The Morgan fingerprint density at radius 1 is 1.27 bits per heavy atom. The van der Waals surface area contributed by atoms with Crippen LogP contribution in [0.5, 0.6) is 11.5 Å². The first-order valence-corrected chi connectivity index (χ1v) is 4.91. The lowest BCUT2D eigenvalue weighted by Crippen LogP contribution is -2.12. The van der Waals surface area contributed by atoms with E-state index < -0.39 is 0 Å². The third kappa shape index (κ3) is 2.42. The van der Waals surface area contributed by atoms with Gasteiger partial charge >= 0.3 is 0 Å². The molecule has 0 heterocycles. The fourth-order valence-electron chi connectivity index (χ4n) is 1.37. The first kappa shape index (κ1) is 11.9.